The van der Waals surface area contributed by atoms with Crippen LogP contribution in [0, 0.1) is 0 Å². The van der Waals surface area contributed by atoms with Crippen LogP contribution in [0.2, 0.25) is 5.02 Å². The Morgan fingerprint density at radius 3 is 2.85 bits per heavy atom. The summed E-state index contributed by atoms with van der Waals surface area (Å²) in [5.74, 6) is -0.0686. The van der Waals surface area contributed by atoms with Gasteiger partial charge in [0, 0.05) is 17.1 Å². The summed E-state index contributed by atoms with van der Waals surface area (Å²) in [6.45, 7) is 3.18. The number of cyclic esters (lactones) is 1. The molecule has 0 unspecified atom stereocenters. The monoisotopic (exact) mass is 390 g/mol. The van der Waals surface area contributed by atoms with Crippen molar-refractivity contribution in [3.05, 3.63) is 59.1 Å². The molecule has 2 amide bonds. The number of halogens is 1. The van der Waals surface area contributed by atoms with Gasteiger partial charge in [-0.05, 0) is 36.8 Å². The van der Waals surface area contributed by atoms with Crippen LogP contribution >= 0.6 is 23.4 Å². The predicted octanol–water partition coefficient (Wildman–Crippen LogP) is 4.09. The lowest BCUT2D eigenvalue weighted by Crippen LogP contribution is -2.30. The Balaban J connectivity index is 1.57. The number of thioether (sulfide) groups is 1. The van der Waals surface area contributed by atoms with Gasteiger partial charge >= 0.3 is 6.09 Å². The Hall–Kier alpha value is -2.18. The van der Waals surface area contributed by atoms with Crippen molar-refractivity contribution < 1.29 is 14.3 Å². The summed E-state index contributed by atoms with van der Waals surface area (Å²) in [4.78, 5) is 26.5. The molecule has 0 saturated carbocycles. The molecule has 136 valence electrons. The maximum absolute atomic E-state index is 12.4. The molecule has 3 rings (SSSR count). The lowest BCUT2D eigenvalue weighted by atomic mass is 10.2. The largest absolute Gasteiger partial charge is 0.447 e. The lowest BCUT2D eigenvalue weighted by molar-refractivity contribution is -0.120. The van der Waals surface area contributed by atoms with E-state index in [0.29, 0.717) is 24.7 Å². The standard InChI is InChI=1S/C19H19ClN2O3S/c1-13(26-17-8-3-2-7-16(17)20)18(23)21-12-14-5-4-6-15(11-14)22-9-10-25-19(22)24/h2-8,11,13H,9-10,12H2,1H3,(H,21,23)/t13-/m1/s1. The topological polar surface area (TPSA) is 58.6 Å². The first-order valence-corrected chi connectivity index (χ1v) is 9.52. The molecule has 26 heavy (non-hydrogen) atoms. The van der Waals surface area contributed by atoms with E-state index in [4.69, 9.17) is 16.3 Å². The highest BCUT2D eigenvalue weighted by Gasteiger charge is 2.23. The van der Waals surface area contributed by atoms with Gasteiger partial charge in [-0.2, -0.15) is 0 Å². The van der Waals surface area contributed by atoms with E-state index in [1.807, 2.05) is 55.5 Å². The lowest BCUT2D eigenvalue weighted by Gasteiger charge is -2.15. The van der Waals surface area contributed by atoms with Gasteiger partial charge in [-0.15, -0.1) is 11.8 Å². The van der Waals surface area contributed by atoms with Gasteiger partial charge in [0.25, 0.3) is 0 Å². The highest BCUT2D eigenvalue weighted by Crippen LogP contribution is 2.30. The highest BCUT2D eigenvalue weighted by molar-refractivity contribution is 8.00. The predicted molar refractivity (Wildman–Crippen MR) is 104 cm³/mol. The van der Waals surface area contributed by atoms with Gasteiger partial charge in [0.05, 0.1) is 16.8 Å². The molecule has 2 aromatic rings. The normalized spacial score (nSPS) is 14.8. The van der Waals surface area contributed by atoms with E-state index in [0.717, 1.165) is 16.1 Å². The molecule has 1 aliphatic heterocycles. The minimum atomic E-state index is -0.337. The second-order valence-electron chi connectivity index (χ2n) is 5.84. The Bertz CT molecular complexity index is 815. The second-order valence-corrected chi connectivity index (χ2v) is 7.63. The van der Waals surface area contributed by atoms with Crippen LogP contribution in [0.1, 0.15) is 12.5 Å². The third-order valence-electron chi connectivity index (χ3n) is 3.96. The molecule has 0 aliphatic carbocycles. The summed E-state index contributed by atoms with van der Waals surface area (Å²) >= 11 is 7.57. The van der Waals surface area contributed by atoms with Gasteiger partial charge in [-0.25, -0.2) is 4.79 Å². The quantitative estimate of drug-likeness (QED) is 0.754. The number of nitrogens with one attached hydrogen (secondary N) is 1. The van der Waals surface area contributed by atoms with Crippen LogP contribution in [0.5, 0.6) is 0 Å². The zero-order chi connectivity index (χ0) is 18.5. The molecule has 7 heteroatoms. The first kappa shape index (κ1) is 18.6. The van der Waals surface area contributed by atoms with Crippen molar-refractivity contribution in [2.75, 3.05) is 18.1 Å². The van der Waals surface area contributed by atoms with Crippen molar-refractivity contribution in [1.29, 1.82) is 0 Å². The van der Waals surface area contributed by atoms with Crippen molar-refractivity contribution in [3.63, 3.8) is 0 Å². The van der Waals surface area contributed by atoms with Crippen LogP contribution in [0.4, 0.5) is 10.5 Å². The fraction of sp³-hybridized carbons (Fsp3) is 0.263. The van der Waals surface area contributed by atoms with Crippen molar-refractivity contribution in [2.45, 2.75) is 23.6 Å². The molecule has 1 fully saturated rings. The van der Waals surface area contributed by atoms with Gasteiger partial charge in [0.15, 0.2) is 0 Å². The fourth-order valence-electron chi connectivity index (χ4n) is 2.58. The molecular formula is C19H19ClN2O3S. The number of ether oxygens (including phenoxy) is 1. The van der Waals surface area contributed by atoms with Crippen molar-refractivity contribution >= 4 is 41.1 Å². The van der Waals surface area contributed by atoms with E-state index in [-0.39, 0.29) is 17.3 Å². The summed E-state index contributed by atoms with van der Waals surface area (Å²) in [5.41, 5.74) is 1.70. The van der Waals surface area contributed by atoms with Crippen LogP contribution < -0.4 is 10.2 Å². The number of carbonyl (C=O) groups is 2. The van der Waals surface area contributed by atoms with Gasteiger partial charge in [0.2, 0.25) is 5.91 Å². The Morgan fingerprint density at radius 1 is 1.31 bits per heavy atom. The first-order chi connectivity index (χ1) is 12.5. The maximum atomic E-state index is 12.4. The molecule has 0 spiro atoms. The minimum absolute atomic E-state index is 0.0686. The molecule has 5 nitrogen and oxygen atoms in total. The van der Waals surface area contributed by atoms with Gasteiger partial charge in [0.1, 0.15) is 6.61 Å². The molecule has 1 atom stereocenters. The van der Waals surface area contributed by atoms with Gasteiger partial charge in [-0.3, -0.25) is 9.69 Å². The number of hydrogen-bond acceptors (Lipinski definition) is 4. The SMILES string of the molecule is C[C@@H](Sc1ccccc1Cl)C(=O)NCc1cccc(N2CCOC2=O)c1. The molecule has 1 heterocycles. The minimum Gasteiger partial charge on any atom is -0.447 e. The van der Waals surface area contributed by atoms with E-state index in [1.165, 1.54) is 11.8 Å². The Morgan fingerprint density at radius 2 is 2.12 bits per heavy atom. The van der Waals surface area contributed by atoms with E-state index in [1.54, 1.807) is 4.90 Å². The molecule has 1 N–H and O–H groups in total. The van der Waals surface area contributed by atoms with E-state index in [2.05, 4.69) is 5.32 Å². The Labute approximate surface area is 161 Å². The number of hydrogen-bond donors (Lipinski definition) is 1. The zero-order valence-electron chi connectivity index (χ0n) is 14.3. The molecule has 0 bridgehead atoms. The van der Waals surface area contributed by atoms with Crippen LogP contribution in [0.3, 0.4) is 0 Å². The fourth-order valence-corrected chi connectivity index (χ4v) is 3.76. The van der Waals surface area contributed by atoms with Crippen LogP contribution in [0.25, 0.3) is 0 Å². The van der Waals surface area contributed by atoms with Crippen molar-refractivity contribution in [2.24, 2.45) is 0 Å². The number of carbonyl (C=O) groups excluding carboxylic acids is 2. The zero-order valence-corrected chi connectivity index (χ0v) is 15.8. The summed E-state index contributed by atoms with van der Waals surface area (Å²) in [6.07, 6.45) is -0.337. The number of amides is 2. The average molecular weight is 391 g/mol. The summed E-state index contributed by atoms with van der Waals surface area (Å²) in [7, 11) is 0. The van der Waals surface area contributed by atoms with Crippen molar-refractivity contribution in [3.8, 4) is 0 Å². The molecule has 2 aromatic carbocycles. The number of anilines is 1. The number of nitrogens with zero attached hydrogens (tertiary/aromatic N) is 1. The molecule has 1 aliphatic rings. The summed E-state index contributed by atoms with van der Waals surface area (Å²) in [6, 6.07) is 15.0. The third kappa shape index (κ3) is 4.51. The maximum Gasteiger partial charge on any atom is 0.414 e. The molecule has 0 aromatic heterocycles. The molecule has 0 radical (unpaired) electrons. The van der Waals surface area contributed by atoms with Crippen LogP contribution in [-0.4, -0.2) is 30.4 Å². The van der Waals surface area contributed by atoms with E-state index >= 15 is 0 Å². The molecular weight excluding hydrogens is 372 g/mol. The summed E-state index contributed by atoms with van der Waals surface area (Å²) in [5, 5.41) is 3.30. The third-order valence-corrected chi connectivity index (χ3v) is 5.58. The van der Waals surface area contributed by atoms with Crippen LogP contribution in [0.15, 0.2) is 53.4 Å². The number of rotatable bonds is 6. The Kier molecular flexibility index (Phi) is 6.06. The first-order valence-electron chi connectivity index (χ1n) is 8.27. The second kappa shape index (κ2) is 8.47. The van der Waals surface area contributed by atoms with Crippen LogP contribution in [-0.2, 0) is 16.1 Å². The van der Waals surface area contributed by atoms with Gasteiger partial charge in [-0.1, -0.05) is 35.9 Å². The average Bonchev–Trinajstić information content (AvgIpc) is 3.08. The molecule has 1 saturated heterocycles. The smallest absolute Gasteiger partial charge is 0.414 e. The van der Waals surface area contributed by atoms with Crippen molar-refractivity contribution in [1.82, 2.24) is 5.32 Å². The summed E-state index contributed by atoms with van der Waals surface area (Å²) < 4.78 is 4.96. The van der Waals surface area contributed by atoms with E-state index in [9.17, 15) is 9.59 Å². The highest BCUT2D eigenvalue weighted by atomic mass is 35.5. The van der Waals surface area contributed by atoms with E-state index < -0.39 is 0 Å². The van der Waals surface area contributed by atoms with Gasteiger partial charge < -0.3 is 10.1 Å². The number of benzene rings is 2.